The lowest BCUT2D eigenvalue weighted by Gasteiger charge is -2.29. The molecular formula is C46H31N3S+2. The lowest BCUT2D eigenvalue weighted by molar-refractivity contribution is -0.727. The van der Waals surface area contributed by atoms with E-state index in [9.17, 15) is 0 Å². The van der Waals surface area contributed by atoms with E-state index in [-0.39, 0.29) is 12.0 Å². The van der Waals surface area contributed by atoms with Gasteiger partial charge in [0.05, 0.1) is 28.0 Å². The van der Waals surface area contributed by atoms with Crippen LogP contribution >= 0.6 is 11.3 Å². The number of para-hydroxylation sites is 1. The Morgan fingerprint density at radius 1 is 0.640 bits per heavy atom. The summed E-state index contributed by atoms with van der Waals surface area (Å²) < 4.78 is 10.1. The molecule has 234 valence electrons. The summed E-state index contributed by atoms with van der Waals surface area (Å²) in [5, 5.41) is 8.06. The van der Waals surface area contributed by atoms with E-state index in [0.29, 0.717) is 0 Å². The van der Waals surface area contributed by atoms with Gasteiger partial charge in [-0.15, -0.1) is 11.3 Å². The highest BCUT2D eigenvalue weighted by atomic mass is 32.1. The molecule has 2 atom stereocenters. The van der Waals surface area contributed by atoms with E-state index in [1.165, 1.54) is 91.9 Å². The maximum atomic E-state index is 4.87. The molecule has 0 saturated heterocycles. The molecule has 0 aliphatic carbocycles. The molecule has 2 unspecified atom stereocenters. The first-order chi connectivity index (χ1) is 24.7. The van der Waals surface area contributed by atoms with Crippen LogP contribution in [-0.4, -0.2) is 4.40 Å². The van der Waals surface area contributed by atoms with Crippen molar-refractivity contribution in [2.75, 3.05) is 0 Å². The molecule has 0 bridgehead atoms. The normalized spacial score (nSPS) is 17.1. The molecule has 10 aromatic rings. The van der Waals surface area contributed by atoms with Crippen LogP contribution < -0.4 is 9.13 Å². The van der Waals surface area contributed by atoms with Gasteiger partial charge in [0.2, 0.25) is 23.1 Å². The minimum Gasteiger partial charge on any atom is -0.308 e. The fourth-order valence-electron chi connectivity index (χ4n) is 9.69. The maximum Gasteiger partial charge on any atom is 0.249 e. The number of hydrogen-bond donors (Lipinski definition) is 0. The van der Waals surface area contributed by atoms with Crippen LogP contribution in [-0.2, 0) is 6.42 Å². The fourth-order valence-corrected chi connectivity index (χ4v) is 11.0. The molecular weight excluding hydrogens is 627 g/mol. The number of pyridine rings is 2. The first-order valence-electron chi connectivity index (χ1n) is 17.6. The first kappa shape index (κ1) is 27.0. The molecule has 0 saturated carbocycles. The predicted molar refractivity (Wildman–Crippen MR) is 207 cm³/mol. The van der Waals surface area contributed by atoms with Crippen molar-refractivity contribution in [1.29, 1.82) is 0 Å². The fraction of sp³-hybridized carbons (Fsp3) is 0.0870. The quantitative estimate of drug-likeness (QED) is 0.144. The van der Waals surface area contributed by atoms with Gasteiger partial charge in [-0.2, -0.15) is 9.13 Å². The monoisotopic (exact) mass is 657 g/mol. The van der Waals surface area contributed by atoms with Crippen LogP contribution in [0.15, 0.2) is 146 Å². The summed E-state index contributed by atoms with van der Waals surface area (Å²) in [5.74, 6) is 0.288. The van der Waals surface area contributed by atoms with Gasteiger partial charge < -0.3 is 4.40 Å². The highest BCUT2D eigenvalue weighted by Crippen LogP contribution is 2.48. The molecule has 0 amide bonds. The Bertz CT molecular complexity index is 3090. The molecule has 2 aliphatic heterocycles. The van der Waals surface area contributed by atoms with Crippen molar-refractivity contribution < 1.29 is 9.13 Å². The minimum absolute atomic E-state index is 0.103. The van der Waals surface area contributed by atoms with Crippen molar-refractivity contribution in [3.05, 3.63) is 157 Å². The maximum absolute atomic E-state index is 4.87. The number of rotatable bonds is 0. The Hall–Kier alpha value is -5.84. The SMILES string of the molecule is C=C1C2C(CCc3cc4c(cc3-c3cccc[n+]31)c1cccc3c5c6sc7ccccc7c6ccc5n4c13)c1ccccc1-c1cccc[n+]12. The van der Waals surface area contributed by atoms with Gasteiger partial charge in [-0.25, -0.2) is 0 Å². The van der Waals surface area contributed by atoms with Crippen molar-refractivity contribution in [1.82, 2.24) is 4.40 Å². The lowest BCUT2D eigenvalue weighted by Crippen LogP contribution is -2.53. The predicted octanol–water partition coefficient (Wildman–Crippen LogP) is 10.9. The average molecular weight is 658 g/mol. The van der Waals surface area contributed by atoms with Gasteiger partial charge >= 0.3 is 0 Å². The van der Waals surface area contributed by atoms with Crippen LogP contribution in [0.4, 0.5) is 0 Å². The van der Waals surface area contributed by atoms with E-state index in [4.69, 9.17) is 6.58 Å². The highest BCUT2D eigenvalue weighted by molar-refractivity contribution is 7.26. The molecule has 50 heavy (non-hydrogen) atoms. The molecule has 12 rings (SSSR count). The summed E-state index contributed by atoms with van der Waals surface area (Å²) in [6.07, 6.45) is 6.47. The van der Waals surface area contributed by atoms with Crippen molar-refractivity contribution in [3.8, 4) is 22.5 Å². The van der Waals surface area contributed by atoms with Crippen LogP contribution in [0.5, 0.6) is 0 Å². The molecule has 3 nitrogen and oxygen atoms in total. The zero-order valence-electron chi connectivity index (χ0n) is 27.3. The Morgan fingerprint density at radius 2 is 1.44 bits per heavy atom. The molecule has 0 N–H and O–H groups in total. The summed E-state index contributed by atoms with van der Waals surface area (Å²) in [7, 11) is 0. The van der Waals surface area contributed by atoms with Gasteiger partial charge in [-0.05, 0) is 73.0 Å². The summed E-state index contributed by atoms with van der Waals surface area (Å²) in [6, 6.07) is 47.8. The number of aromatic nitrogens is 3. The van der Waals surface area contributed by atoms with Gasteiger partial charge in [-0.1, -0.05) is 60.7 Å². The molecule has 5 aromatic heterocycles. The summed E-state index contributed by atoms with van der Waals surface area (Å²) in [4.78, 5) is 0. The van der Waals surface area contributed by atoms with Gasteiger partial charge in [0.1, 0.15) is 0 Å². The number of benzene rings is 5. The third-order valence-corrected chi connectivity index (χ3v) is 13.0. The van der Waals surface area contributed by atoms with Crippen LogP contribution in [0.1, 0.15) is 29.5 Å². The second-order valence-electron chi connectivity index (χ2n) is 14.1. The number of nitrogens with zero attached hydrogens (tertiary/aromatic N) is 3. The van der Waals surface area contributed by atoms with E-state index in [1.54, 1.807) is 0 Å². The minimum atomic E-state index is 0.103. The Kier molecular flexibility index (Phi) is 5.22. The van der Waals surface area contributed by atoms with Crippen LogP contribution in [0.25, 0.3) is 86.5 Å². The van der Waals surface area contributed by atoms with E-state index < -0.39 is 0 Å². The first-order valence-corrected chi connectivity index (χ1v) is 18.4. The second kappa shape index (κ2) is 9.65. The van der Waals surface area contributed by atoms with Gasteiger partial charge in [0.25, 0.3) is 0 Å². The Balaban J connectivity index is 1.15. The van der Waals surface area contributed by atoms with Crippen LogP contribution in [0.2, 0.25) is 0 Å². The van der Waals surface area contributed by atoms with E-state index in [1.807, 2.05) is 11.3 Å². The summed E-state index contributed by atoms with van der Waals surface area (Å²) in [6.45, 7) is 4.87. The standard InChI is InChI=1S/C46H31N3S/c1-27-44-33(29-11-2-3-12-30(29)38-16-7-9-24-48(38)44)20-19-28-25-41-37(26-36(28)39-17-6-8-23-47(27)39)32-14-10-15-35-43-40(49(41)45(32)35)22-21-34-31-13-4-5-18-42(31)50-46(34)43/h2-18,21-26,33,44H,1,19-20H2/q+2. The third kappa shape index (κ3) is 3.34. The van der Waals surface area contributed by atoms with Crippen molar-refractivity contribution in [3.63, 3.8) is 0 Å². The smallest absolute Gasteiger partial charge is 0.249 e. The molecule has 7 heterocycles. The molecule has 4 heteroatoms. The highest BCUT2D eigenvalue weighted by Gasteiger charge is 2.46. The largest absolute Gasteiger partial charge is 0.308 e. The van der Waals surface area contributed by atoms with Gasteiger partial charge in [-0.3, -0.25) is 0 Å². The number of allylic oxidation sites excluding steroid dienone is 1. The zero-order valence-corrected chi connectivity index (χ0v) is 28.1. The molecule has 2 aliphatic rings. The summed E-state index contributed by atoms with van der Waals surface area (Å²) >= 11 is 1.93. The second-order valence-corrected chi connectivity index (χ2v) is 15.2. The molecule has 0 radical (unpaired) electrons. The lowest BCUT2D eigenvalue weighted by atomic mass is 9.78. The van der Waals surface area contributed by atoms with E-state index in [2.05, 4.69) is 153 Å². The summed E-state index contributed by atoms with van der Waals surface area (Å²) in [5.41, 5.74) is 12.9. The van der Waals surface area contributed by atoms with Crippen molar-refractivity contribution in [2.24, 2.45) is 0 Å². The van der Waals surface area contributed by atoms with Gasteiger partial charge in [0, 0.05) is 71.5 Å². The number of aryl methyl sites for hydroxylation is 1. The zero-order chi connectivity index (χ0) is 32.7. The molecule has 5 aromatic carbocycles. The molecule has 0 fully saturated rings. The third-order valence-electron chi connectivity index (χ3n) is 11.8. The van der Waals surface area contributed by atoms with Crippen LogP contribution in [0.3, 0.4) is 0 Å². The number of hydrogen-bond acceptors (Lipinski definition) is 1. The van der Waals surface area contributed by atoms with Crippen molar-refractivity contribution in [2.45, 2.75) is 24.8 Å². The van der Waals surface area contributed by atoms with E-state index in [0.717, 1.165) is 18.5 Å². The van der Waals surface area contributed by atoms with E-state index >= 15 is 0 Å². The Labute approximate surface area is 292 Å². The Morgan fingerprint density at radius 3 is 2.40 bits per heavy atom. The topological polar surface area (TPSA) is 12.2 Å². The van der Waals surface area contributed by atoms with Crippen molar-refractivity contribution >= 4 is 75.3 Å². The van der Waals surface area contributed by atoms with Gasteiger partial charge in [0.15, 0.2) is 12.4 Å². The number of thiophene rings is 1. The molecule has 0 spiro atoms. The average Bonchev–Trinajstić information content (AvgIpc) is 3.83. The number of fused-ring (bicyclic) bond motifs is 19. The van der Waals surface area contributed by atoms with Crippen LogP contribution in [0, 0.1) is 0 Å².